The number of ether oxygens (including phenoxy) is 5. The molecule has 0 aliphatic heterocycles. The quantitative estimate of drug-likeness (QED) is 0.287. The van der Waals surface area contributed by atoms with Crippen LogP contribution < -0.4 is 5.14 Å². The van der Waals surface area contributed by atoms with E-state index in [0.29, 0.717) is 68.7 Å². The van der Waals surface area contributed by atoms with Gasteiger partial charge in [-0.2, -0.15) is 0 Å². The molecule has 3 N–H and O–H groups in total. The zero-order chi connectivity index (χ0) is 24.7. The summed E-state index contributed by atoms with van der Waals surface area (Å²) < 4.78 is 43.4. The molecule has 1 aromatic carbocycles. The van der Waals surface area contributed by atoms with E-state index in [9.17, 15) is 9.32 Å². The van der Waals surface area contributed by atoms with E-state index in [4.69, 9.17) is 28.8 Å². The highest BCUT2D eigenvalue weighted by Crippen LogP contribution is 2.28. The second kappa shape index (κ2) is 15.5. The van der Waals surface area contributed by atoms with Crippen LogP contribution >= 0.6 is 11.3 Å². The zero-order valence-corrected chi connectivity index (χ0v) is 21.4. The van der Waals surface area contributed by atoms with Gasteiger partial charge in [0.25, 0.3) is 0 Å². The minimum atomic E-state index is -2.96. The van der Waals surface area contributed by atoms with Crippen LogP contribution in [0.4, 0.5) is 0 Å². The van der Waals surface area contributed by atoms with Crippen molar-refractivity contribution < 1.29 is 33.0 Å². The first-order valence-electron chi connectivity index (χ1n) is 10.9. The SMILES string of the molecule is CN=S(N)(=O)c1cnc([C@@](C)(O)COCCOCCOCCOCCOCc2ccccc2)s1. The van der Waals surface area contributed by atoms with Crippen molar-refractivity contribution in [1.82, 2.24) is 4.98 Å². The number of aromatic nitrogens is 1. The van der Waals surface area contributed by atoms with Gasteiger partial charge in [-0.3, -0.25) is 0 Å². The Morgan fingerprint density at radius 2 is 1.50 bits per heavy atom. The van der Waals surface area contributed by atoms with Crippen LogP contribution in [0.5, 0.6) is 0 Å². The fourth-order valence-electron chi connectivity index (χ4n) is 2.61. The predicted molar refractivity (Wildman–Crippen MR) is 130 cm³/mol. The molecule has 0 aliphatic rings. The number of aliphatic hydroxyl groups is 1. The molecule has 2 rings (SSSR count). The van der Waals surface area contributed by atoms with Crippen molar-refractivity contribution in [3.63, 3.8) is 0 Å². The van der Waals surface area contributed by atoms with Gasteiger partial charge in [0.15, 0.2) is 0 Å². The first-order chi connectivity index (χ1) is 16.3. The van der Waals surface area contributed by atoms with Gasteiger partial charge in [0, 0.05) is 7.05 Å². The van der Waals surface area contributed by atoms with Crippen molar-refractivity contribution in [3.8, 4) is 0 Å². The van der Waals surface area contributed by atoms with Gasteiger partial charge >= 0.3 is 0 Å². The molecule has 0 spiro atoms. The van der Waals surface area contributed by atoms with Gasteiger partial charge in [-0.25, -0.2) is 18.7 Å². The monoisotopic (exact) mass is 517 g/mol. The molecular weight excluding hydrogens is 482 g/mol. The van der Waals surface area contributed by atoms with Crippen molar-refractivity contribution in [1.29, 1.82) is 0 Å². The lowest BCUT2D eigenvalue weighted by Gasteiger charge is -2.20. The summed E-state index contributed by atoms with van der Waals surface area (Å²) in [5, 5.41) is 16.5. The normalized spacial score (nSPS) is 15.1. The van der Waals surface area contributed by atoms with E-state index >= 15 is 0 Å². The molecule has 2 atom stereocenters. The minimum absolute atomic E-state index is 0.0151. The Balaban J connectivity index is 1.41. The van der Waals surface area contributed by atoms with Crippen LogP contribution in [-0.4, -0.2) is 80.8 Å². The topological polar surface area (TPSA) is 135 Å². The summed E-state index contributed by atoms with van der Waals surface area (Å²) >= 11 is 1.06. The van der Waals surface area contributed by atoms with Gasteiger partial charge in [-0.1, -0.05) is 30.3 Å². The number of nitrogens with two attached hydrogens (primary N) is 1. The Morgan fingerprint density at radius 1 is 0.971 bits per heavy atom. The lowest BCUT2D eigenvalue weighted by atomic mass is 10.1. The van der Waals surface area contributed by atoms with Crippen LogP contribution in [-0.2, 0) is 45.8 Å². The highest BCUT2D eigenvalue weighted by atomic mass is 32.2. The van der Waals surface area contributed by atoms with Gasteiger partial charge in [0.05, 0.1) is 72.3 Å². The standard InChI is InChI=1S/C22H35N3O7S2/c1-22(26,21-25-16-20(33-21)34(23,27)24-2)18-32-15-13-30-11-9-28-8-10-29-12-14-31-17-19-6-4-3-5-7-19/h3-7,16,26H,8-15,17-18H2,1-2H3,(H2,23,24,27)/t22-,34?/m0/s1. The molecule has 1 heterocycles. The van der Waals surface area contributed by atoms with E-state index in [1.54, 1.807) is 6.92 Å². The molecular formula is C22H35N3O7S2. The van der Waals surface area contributed by atoms with Gasteiger partial charge in [-0.15, -0.1) is 11.3 Å². The Hall–Kier alpha value is -1.48. The van der Waals surface area contributed by atoms with Gasteiger partial charge in [0.2, 0.25) is 0 Å². The Morgan fingerprint density at radius 3 is 2.06 bits per heavy atom. The van der Waals surface area contributed by atoms with Crippen molar-refractivity contribution in [2.75, 3.05) is 66.5 Å². The highest BCUT2D eigenvalue weighted by molar-refractivity contribution is 7.93. The fourth-order valence-corrected chi connectivity index (χ4v) is 4.61. The molecule has 0 saturated heterocycles. The summed E-state index contributed by atoms with van der Waals surface area (Å²) in [6.07, 6.45) is 1.37. The molecule has 1 aromatic heterocycles. The maximum atomic E-state index is 12.1. The van der Waals surface area contributed by atoms with E-state index in [0.717, 1.165) is 16.9 Å². The van der Waals surface area contributed by atoms with Gasteiger partial charge in [-0.05, 0) is 12.5 Å². The number of rotatable bonds is 18. The van der Waals surface area contributed by atoms with Crippen LogP contribution in [0.15, 0.2) is 45.1 Å². The van der Waals surface area contributed by atoms with Crippen LogP contribution in [0.2, 0.25) is 0 Å². The minimum Gasteiger partial charge on any atom is -0.381 e. The maximum Gasteiger partial charge on any atom is 0.145 e. The Labute approximate surface area is 205 Å². The first kappa shape index (κ1) is 28.8. The Kier molecular flexibility index (Phi) is 13.1. The van der Waals surface area contributed by atoms with E-state index in [-0.39, 0.29) is 6.61 Å². The summed E-state index contributed by atoms with van der Waals surface area (Å²) in [7, 11) is -1.58. The molecule has 0 amide bonds. The lowest BCUT2D eigenvalue weighted by Crippen LogP contribution is -2.28. The third-order valence-electron chi connectivity index (χ3n) is 4.49. The predicted octanol–water partition coefficient (Wildman–Crippen LogP) is 1.96. The molecule has 0 saturated carbocycles. The van der Waals surface area contributed by atoms with E-state index in [1.165, 1.54) is 13.2 Å². The van der Waals surface area contributed by atoms with Gasteiger partial charge < -0.3 is 28.8 Å². The number of hydrogen-bond donors (Lipinski definition) is 2. The van der Waals surface area contributed by atoms with Crippen molar-refractivity contribution in [3.05, 3.63) is 47.1 Å². The van der Waals surface area contributed by atoms with Crippen LogP contribution in [0.25, 0.3) is 0 Å². The lowest BCUT2D eigenvalue weighted by molar-refractivity contribution is -0.0563. The summed E-state index contributed by atoms with van der Waals surface area (Å²) in [4.78, 5) is 4.10. The maximum absolute atomic E-state index is 12.1. The van der Waals surface area contributed by atoms with Crippen LogP contribution in [0.1, 0.15) is 17.5 Å². The number of nitrogens with zero attached hydrogens (tertiary/aromatic N) is 2. The average molecular weight is 518 g/mol. The highest BCUT2D eigenvalue weighted by Gasteiger charge is 2.28. The number of thiazole rings is 1. The third kappa shape index (κ3) is 10.8. The fraction of sp³-hybridized carbons (Fsp3) is 0.591. The summed E-state index contributed by atoms with van der Waals surface area (Å²) in [6.45, 7) is 5.76. The molecule has 0 fully saturated rings. The largest absolute Gasteiger partial charge is 0.381 e. The molecule has 0 aliphatic carbocycles. The van der Waals surface area contributed by atoms with E-state index in [1.807, 2.05) is 30.3 Å². The van der Waals surface area contributed by atoms with E-state index in [2.05, 4.69) is 9.35 Å². The van der Waals surface area contributed by atoms with Crippen molar-refractivity contribution in [2.45, 2.75) is 23.3 Å². The number of benzene rings is 1. The van der Waals surface area contributed by atoms with Crippen LogP contribution in [0, 0.1) is 0 Å². The van der Waals surface area contributed by atoms with Gasteiger partial charge in [0.1, 0.15) is 24.7 Å². The third-order valence-corrected chi connectivity index (χ3v) is 7.72. The molecule has 12 heteroatoms. The number of hydrogen-bond acceptors (Lipinski definition) is 10. The molecule has 0 radical (unpaired) electrons. The molecule has 10 nitrogen and oxygen atoms in total. The molecule has 0 bridgehead atoms. The average Bonchev–Trinajstić information content (AvgIpc) is 3.35. The second-order valence-electron chi connectivity index (χ2n) is 7.44. The van der Waals surface area contributed by atoms with Crippen molar-refractivity contribution in [2.24, 2.45) is 9.50 Å². The second-order valence-corrected chi connectivity index (χ2v) is 10.7. The Bertz CT molecular complexity index is 932. The van der Waals surface area contributed by atoms with E-state index < -0.39 is 15.5 Å². The summed E-state index contributed by atoms with van der Waals surface area (Å²) in [5.74, 6) is 0. The molecule has 2 aromatic rings. The zero-order valence-electron chi connectivity index (χ0n) is 19.7. The first-order valence-corrected chi connectivity index (χ1v) is 13.3. The summed E-state index contributed by atoms with van der Waals surface area (Å²) in [6, 6.07) is 10.0. The summed E-state index contributed by atoms with van der Waals surface area (Å²) in [5.41, 5.74) is -0.190. The molecule has 192 valence electrons. The smallest absolute Gasteiger partial charge is 0.145 e. The van der Waals surface area contributed by atoms with Crippen molar-refractivity contribution >= 4 is 21.3 Å². The van der Waals surface area contributed by atoms with Crippen LogP contribution in [0.3, 0.4) is 0 Å². The molecule has 1 unspecified atom stereocenters. The molecule has 34 heavy (non-hydrogen) atoms.